The lowest BCUT2D eigenvalue weighted by Crippen LogP contribution is -2.41. The van der Waals surface area contributed by atoms with Crippen LogP contribution in [-0.2, 0) is 11.2 Å². The number of thiocarbonyl (C=S) groups is 1. The molecule has 0 amide bonds. The summed E-state index contributed by atoms with van der Waals surface area (Å²) in [6.45, 7) is 3.86. The van der Waals surface area contributed by atoms with Gasteiger partial charge in [-0.2, -0.15) is 0 Å². The first-order valence-corrected chi connectivity index (χ1v) is 10.3. The molecular weight excluding hydrogens is 348 g/mol. The van der Waals surface area contributed by atoms with Gasteiger partial charge in [-0.3, -0.25) is 0 Å². The Hall–Kier alpha value is -1.43. The van der Waals surface area contributed by atoms with Crippen LogP contribution in [0.1, 0.15) is 48.2 Å². The molecule has 0 saturated carbocycles. The van der Waals surface area contributed by atoms with Crippen molar-refractivity contribution >= 4 is 28.7 Å². The lowest BCUT2D eigenvalue weighted by atomic mass is 10.0. The molecule has 25 heavy (non-hydrogen) atoms. The van der Waals surface area contributed by atoms with Crippen LogP contribution in [0.25, 0.3) is 0 Å². The summed E-state index contributed by atoms with van der Waals surface area (Å²) in [6.07, 6.45) is 4.84. The van der Waals surface area contributed by atoms with Crippen LogP contribution in [0.15, 0.2) is 41.8 Å². The second kappa shape index (κ2) is 9.32. The molecule has 0 radical (unpaired) electrons. The minimum absolute atomic E-state index is 0.0835. The van der Waals surface area contributed by atoms with Crippen LogP contribution in [0.4, 0.5) is 0 Å². The van der Waals surface area contributed by atoms with Crippen molar-refractivity contribution in [3.63, 3.8) is 0 Å². The van der Waals surface area contributed by atoms with E-state index in [4.69, 9.17) is 17.0 Å². The Labute approximate surface area is 159 Å². The molecule has 1 saturated heterocycles. The molecule has 134 valence electrons. The third-order valence-corrected chi connectivity index (χ3v) is 5.67. The highest BCUT2D eigenvalue weighted by molar-refractivity contribution is 7.80. The Morgan fingerprint density at radius 2 is 2.16 bits per heavy atom. The van der Waals surface area contributed by atoms with Crippen LogP contribution in [0.5, 0.6) is 0 Å². The second-order valence-electron chi connectivity index (χ2n) is 6.43. The van der Waals surface area contributed by atoms with E-state index in [1.165, 1.54) is 22.4 Å². The van der Waals surface area contributed by atoms with E-state index >= 15 is 0 Å². The van der Waals surface area contributed by atoms with Crippen molar-refractivity contribution in [2.24, 2.45) is 0 Å². The minimum Gasteiger partial charge on any atom is -0.376 e. The summed E-state index contributed by atoms with van der Waals surface area (Å²) in [4.78, 5) is 1.27. The highest BCUT2D eigenvalue weighted by atomic mass is 32.1. The fraction of sp³-hybridized carbons (Fsp3) is 0.450. The maximum atomic E-state index is 5.65. The van der Waals surface area contributed by atoms with E-state index in [0.29, 0.717) is 5.11 Å². The SMILES string of the molecule is CCCc1ccc([C@@H](NC(=S)NC[C@@H]2CCCO2)c2cccs2)cc1. The van der Waals surface area contributed by atoms with E-state index < -0.39 is 0 Å². The van der Waals surface area contributed by atoms with Crippen LogP contribution < -0.4 is 10.6 Å². The van der Waals surface area contributed by atoms with Gasteiger partial charge in [-0.25, -0.2) is 0 Å². The van der Waals surface area contributed by atoms with E-state index in [0.717, 1.165) is 32.4 Å². The number of ether oxygens (including phenoxy) is 1. The number of hydrogen-bond donors (Lipinski definition) is 2. The monoisotopic (exact) mass is 374 g/mol. The van der Waals surface area contributed by atoms with Gasteiger partial charge in [0.25, 0.3) is 0 Å². The molecule has 2 atom stereocenters. The third kappa shape index (κ3) is 5.27. The van der Waals surface area contributed by atoms with Crippen molar-refractivity contribution < 1.29 is 4.74 Å². The largest absolute Gasteiger partial charge is 0.376 e. The molecule has 5 heteroatoms. The minimum atomic E-state index is 0.0835. The van der Waals surface area contributed by atoms with Gasteiger partial charge < -0.3 is 15.4 Å². The van der Waals surface area contributed by atoms with Crippen molar-refractivity contribution in [2.75, 3.05) is 13.2 Å². The quantitative estimate of drug-likeness (QED) is 0.702. The molecule has 0 bridgehead atoms. The molecular formula is C20H26N2OS2. The predicted molar refractivity (Wildman–Crippen MR) is 109 cm³/mol. The molecule has 0 unspecified atom stereocenters. The topological polar surface area (TPSA) is 33.3 Å². The molecule has 0 aliphatic carbocycles. The highest BCUT2D eigenvalue weighted by Gasteiger charge is 2.18. The summed E-state index contributed by atoms with van der Waals surface area (Å²) < 4.78 is 5.65. The lowest BCUT2D eigenvalue weighted by molar-refractivity contribution is 0.114. The molecule has 2 N–H and O–H groups in total. The van der Waals surface area contributed by atoms with Crippen LogP contribution in [0.2, 0.25) is 0 Å². The van der Waals surface area contributed by atoms with Gasteiger partial charge in [-0.1, -0.05) is 43.7 Å². The predicted octanol–water partition coefficient (Wildman–Crippen LogP) is 4.43. The Kier molecular flexibility index (Phi) is 6.84. The van der Waals surface area contributed by atoms with Crippen molar-refractivity contribution in [3.05, 3.63) is 57.8 Å². The van der Waals surface area contributed by atoms with Crippen LogP contribution in [-0.4, -0.2) is 24.4 Å². The van der Waals surface area contributed by atoms with Crippen LogP contribution in [0, 0.1) is 0 Å². The number of aryl methyl sites for hydroxylation is 1. The van der Waals surface area contributed by atoms with Crippen molar-refractivity contribution in [3.8, 4) is 0 Å². The van der Waals surface area contributed by atoms with Crippen molar-refractivity contribution in [1.29, 1.82) is 0 Å². The summed E-state index contributed by atoms with van der Waals surface area (Å²) in [7, 11) is 0. The maximum Gasteiger partial charge on any atom is 0.167 e. The molecule has 0 spiro atoms. The lowest BCUT2D eigenvalue weighted by Gasteiger charge is -2.21. The molecule has 1 aromatic carbocycles. The van der Waals surface area contributed by atoms with E-state index in [1.807, 2.05) is 0 Å². The van der Waals surface area contributed by atoms with E-state index in [2.05, 4.69) is 59.3 Å². The highest BCUT2D eigenvalue weighted by Crippen LogP contribution is 2.26. The molecule has 2 heterocycles. The van der Waals surface area contributed by atoms with E-state index in [1.54, 1.807) is 11.3 Å². The standard InChI is InChI=1S/C20H26N2OS2/c1-2-5-15-8-10-16(11-9-15)19(18-7-4-13-25-18)22-20(24)21-14-17-6-3-12-23-17/h4,7-11,13,17,19H,2-3,5-6,12,14H2,1H3,(H2,21,22,24)/t17-,19+/m0/s1. The van der Waals surface area contributed by atoms with Gasteiger partial charge in [0.1, 0.15) is 0 Å². The van der Waals surface area contributed by atoms with E-state index in [-0.39, 0.29) is 12.1 Å². The summed E-state index contributed by atoms with van der Waals surface area (Å²) in [6, 6.07) is 13.2. The van der Waals surface area contributed by atoms with Gasteiger partial charge >= 0.3 is 0 Å². The molecule has 1 aromatic heterocycles. The van der Waals surface area contributed by atoms with Crippen molar-refractivity contribution in [1.82, 2.24) is 10.6 Å². The zero-order valence-electron chi connectivity index (χ0n) is 14.7. The zero-order chi connectivity index (χ0) is 17.5. The molecule has 1 fully saturated rings. The smallest absolute Gasteiger partial charge is 0.167 e. The number of thiophene rings is 1. The Morgan fingerprint density at radius 3 is 2.80 bits per heavy atom. The average molecular weight is 375 g/mol. The first kappa shape index (κ1) is 18.4. The van der Waals surface area contributed by atoms with Gasteiger partial charge in [0.05, 0.1) is 12.1 Å². The molecule has 1 aliphatic heterocycles. The van der Waals surface area contributed by atoms with Gasteiger partial charge in [-0.15, -0.1) is 11.3 Å². The second-order valence-corrected chi connectivity index (χ2v) is 7.82. The first-order chi connectivity index (χ1) is 12.3. The Balaban J connectivity index is 1.66. The summed E-state index contributed by atoms with van der Waals surface area (Å²) in [5, 5.41) is 9.60. The number of rotatable bonds is 7. The van der Waals surface area contributed by atoms with Gasteiger partial charge in [0.15, 0.2) is 5.11 Å². The molecule has 1 aliphatic rings. The van der Waals surface area contributed by atoms with Crippen molar-refractivity contribution in [2.45, 2.75) is 44.8 Å². The summed E-state index contributed by atoms with van der Waals surface area (Å²) in [5.41, 5.74) is 2.62. The van der Waals surface area contributed by atoms with E-state index in [9.17, 15) is 0 Å². The normalized spacial score (nSPS) is 18.0. The van der Waals surface area contributed by atoms with Crippen LogP contribution >= 0.6 is 23.6 Å². The number of benzene rings is 1. The average Bonchev–Trinajstić information content (AvgIpc) is 3.33. The molecule has 3 rings (SSSR count). The first-order valence-electron chi connectivity index (χ1n) is 9.04. The molecule has 3 nitrogen and oxygen atoms in total. The third-order valence-electron chi connectivity index (χ3n) is 4.47. The van der Waals surface area contributed by atoms with Crippen LogP contribution in [0.3, 0.4) is 0 Å². The zero-order valence-corrected chi connectivity index (χ0v) is 16.3. The Bertz CT molecular complexity index is 649. The van der Waals surface area contributed by atoms with Gasteiger partial charge in [-0.05, 0) is 54.1 Å². The fourth-order valence-electron chi connectivity index (χ4n) is 3.13. The summed E-state index contributed by atoms with van der Waals surface area (Å²) >= 11 is 7.28. The number of nitrogens with one attached hydrogen (secondary N) is 2. The molecule has 2 aromatic rings. The summed E-state index contributed by atoms with van der Waals surface area (Å²) in [5.74, 6) is 0. The van der Waals surface area contributed by atoms with Gasteiger partial charge in [0.2, 0.25) is 0 Å². The van der Waals surface area contributed by atoms with Gasteiger partial charge in [0, 0.05) is 18.0 Å². The Morgan fingerprint density at radius 1 is 1.32 bits per heavy atom. The fourth-order valence-corrected chi connectivity index (χ4v) is 4.14. The number of hydrogen-bond acceptors (Lipinski definition) is 3. The maximum absolute atomic E-state index is 5.65.